The molecule has 1 N–H and O–H groups in total. The topological polar surface area (TPSA) is 90.3 Å². The van der Waals surface area contributed by atoms with Crippen LogP contribution in [0, 0.1) is 0 Å². The Morgan fingerprint density at radius 1 is 1.18 bits per heavy atom. The van der Waals surface area contributed by atoms with Crippen molar-refractivity contribution in [3.63, 3.8) is 0 Å². The molecule has 3 rings (SSSR count). The van der Waals surface area contributed by atoms with E-state index in [1.54, 1.807) is 49.3 Å². The molecule has 0 bridgehead atoms. The highest BCUT2D eigenvalue weighted by Crippen LogP contribution is 2.26. The lowest BCUT2D eigenvalue weighted by atomic mass is 10.1. The summed E-state index contributed by atoms with van der Waals surface area (Å²) in [6, 6.07) is 12.3. The SMILES string of the molecule is COc1cccc(C(NS(=O)(=O)c2ccc(C(C)=O)cc2)c2nccn2C)c1. The van der Waals surface area contributed by atoms with Crippen molar-refractivity contribution >= 4 is 15.8 Å². The van der Waals surface area contributed by atoms with Gasteiger partial charge in [-0.05, 0) is 36.8 Å². The van der Waals surface area contributed by atoms with Crippen molar-refractivity contribution in [3.8, 4) is 5.75 Å². The summed E-state index contributed by atoms with van der Waals surface area (Å²) in [6.07, 6.45) is 3.36. The van der Waals surface area contributed by atoms with Gasteiger partial charge in [-0.3, -0.25) is 4.79 Å². The van der Waals surface area contributed by atoms with Crippen LogP contribution in [0.5, 0.6) is 5.75 Å². The molecule has 7 nitrogen and oxygen atoms in total. The monoisotopic (exact) mass is 399 g/mol. The maximum atomic E-state index is 13.0. The van der Waals surface area contributed by atoms with Crippen LogP contribution in [0.25, 0.3) is 0 Å². The fourth-order valence-electron chi connectivity index (χ4n) is 2.84. The van der Waals surface area contributed by atoms with Crippen LogP contribution in [0.15, 0.2) is 65.8 Å². The van der Waals surface area contributed by atoms with Crippen LogP contribution in [-0.4, -0.2) is 30.9 Å². The van der Waals surface area contributed by atoms with Gasteiger partial charge in [0.2, 0.25) is 10.0 Å². The molecular weight excluding hydrogens is 378 g/mol. The number of rotatable bonds is 7. The van der Waals surface area contributed by atoms with E-state index >= 15 is 0 Å². The second-order valence-corrected chi connectivity index (χ2v) is 8.02. The summed E-state index contributed by atoms with van der Waals surface area (Å²) in [6.45, 7) is 1.43. The van der Waals surface area contributed by atoms with E-state index in [4.69, 9.17) is 4.74 Å². The van der Waals surface area contributed by atoms with Gasteiger partial charge in [-0.25, -0.2) is 13.4 Å². The van der Waals surface area contributed by atoms with Gasteiger partial charge in [-0.1, -0.05) is 24.3 Å². The van der Waals surface area contributed by atoms with Crippen molar-refractivity contribution in [3.05, 3.63) is 77.9 Å². The van der Waals surface area contributed by atoms with Gasteiger partial charge in [0, 0.05) is 25.0 Å². The summed E-state index contributed by atoms with van der Waals surface area (Å²) in [5, 5.41) is 0. The van der Waals surface area contributed by atoms with Gasteiger partial charge in [-0.2, -0.15) is 4.72 Å². The lowest BCUT2D eigenvalue weighted by molar-refractivity contribution is 0.101. The van der Waals surface area contributed by atoms with Crippen LogP contribution in [0.1, 0.15) is 34.7 Å². The lowest BCUT2D eigenvalue weighted by Crippen LogP contribution is -2.31. The molecule has 0 amide bonds. The number of nitrogens with one attached hydrogen (secondary N) is 1. The van der Waals surface area contributed by atoms with Gasteiger partial charge >= 0.3 is 0 Å². The van der Waals surface area contributed by atoms with Gasteiger partial charge in [0.25, 0.3) is 0 Å². The second-order valence-electron chi connectivity index (χ2n) is 6.31. The highest BCUT2D eigenvalue weighted by atomic mass is 32.2. The van der Waals surface area contributed by atoms with Crippen LogP contribution in [-0.2, 0) is 17.1 Å². The molecule has 0 radical (unpaired) electrons. The zero-order chi connectivity index (χ0) is 20.3. The molecule has 0 saturated heterocycles. The molecule has 8 heteroatoms. The molecule has 0 saturated carbocycles. The average molecular weight is 399 g/mol. The Morgan fingerprint density at radius 3 is 2.46 bits per heavy atom. The number of benzene rings is 2. The fraction of sp³-hybridized carbons (Fsp3) is 0.200. The highest BCUT2D eigenvalue weighted by molar-refractivity contribution is 7.89. The Morgan fingerprint density at radius 2 is 1.89 bits per heavy atom. The first-order valence-corrected chi connectivity index (χ1v) is 10.0. The van der Waals surface area contributed by atoms with Crippen LogP contribution in [0.2, 0.25) is 0 Å². The summed E-state index contributed by atoms with van der Waals surface area (Å²) < 4.78 is 35.7. The lowest BCUT2D eigenvalue weighted by Gasteiger charge is -2.20. The quantitative estimate of drug-likeness (QED) is 0.617. The molecule has 0 aliphatic carbocycles. The Kier molecular flexibility index (Phi) is 5.62. The van der Waals surface area contributed by atoms with Crippen molar-refractivity contribution < 1.29 is 17.9 Å². The number of methoxy groups -OCH3 is 1. The minimum atomic E-state index is -3.87. The van der Waals surface area contributed by atoms with Crippen molar-refractivity contribution in [2.24, 2.45) is 7.05 Å². The first-order chi connectivity index (χ1) is 13.3. The van der Waals surface area contributed by atoms with Crippen molar-refractivity contribution in [2.75, 3.05) is 7.11 Å². The molecule has 28 heavy (non-hydrogen) atoms. The molecule has 1 aromatic heterocycles. The maximum Gasteiger partial charge on any atom is 0.241 e. The van der Waals surface area contributed by atoms with E-state index in [1.807, 2.05) is 6.07 Å². The van der Waals surface area contributed by atoms with Gasteiger partial charge in [0.15, 0.2) is 5.78 Å². The number of sulfonamides is 1. The van der Waals surface area contributed by atoms with Crippen molar-refractivity contribution in [1.82, 2.24) is 14.3 Å². The first kappa shape index (κ1) is 19.8. The van der Waals surface area contributed by atoms with E-state index < -0.39 is 16.1 Å². The number of carbonyl (C=O) groups excluding carboxylic acids is 1. The van der Waals surface area contributed by atoms with Crippen LogP contribution < -0.4 is 9.46 Å². The molecule has 146 valence electrons. The zero-order valence-corrected chi connectivity index (χ0v) is 16.6. The molecular formula is C20H21N3O4S. The second kappa shape index (κ2) is 7.95. The molecule has 1 heterocycles. The molecule has 0 aliphatic heterocycles. The highest BCUT2D eigenvalue weighted by Gasteiger charge is 2.26. The van der Waals surface area contributed by atoms with E-state index in [9.17, 15) is 13.2 Å². The number of hydrogen-bond donors (Lipinski definition) is 1. The normalized spacial score (nSPS) is 12.5. The molecule has 1 unspecified atom stereocenters. The minimum Gasteiger partial charge on any atom is -0.497 e. The Bertz CT molecular complexity index is 1090. The minimum absolute atomic E-state index is 0.0691. The average Bonchev–Trinajstić information content (AvgIpc) is 3.12. The van der Waals surface area contributed by atoms with E-state index in [1.165, 1.54) is 31.2 Å². The molecule has 0 aliphatic rings. The van der Waals surface area contributed by atoms with Gasteiger partial charge in [-0.15, -0.1) is 0 Å². The predicted octanol–water partition coefficient (Wildman–Crippen LogP) is 2.70. The maximum absolute atomic E-state index is 13.0. The zero-order valence-electron chi connectivity index (χ0n) is 15.8. The summed E-state index contributed by atoms with van der Waals surface area (Å²) in [4.78, 5) is 15.8. The number of imidazole rings is 1. The molecule has 3 aromatic rings. The number of ether oxygens (including phenoxy) is 1. The molecule has 1 atom stereocenters. The summed E-state index contributed by atoms with van der Waals surface area (Å²) in [5.41, 5.74) is 1.14. The predicted molar refractivity (Wildman–Crippen MR) is 105 cm³/mol. The van der Waals surface area contributed by atoms with Gasteiger partial charge < -0.3 is 9.30 Å². The summed E-state index contributed by atoms with van der Waals surface area (Å²) in [7, 11) is -0.520. The number of carbonyl (C=O) groups is 1. The Hall–Kier alpha value is -2.97. The van der Waals surface area contributed by atoms with E-state index in [2.05, 4.69) is 9.71 Å². The molecule has 2 aromatic carbocycles. The number of aryl methyl sites for hydroxylation is 1. The van der Waals surface area contributed by atoms with Crippen molar-refractivity contribution in [1.29, 1.82) is 0 Å². The fourth-order valence-corrected chi connectivity index (χ4v) is 4.02. The van der Waals surface area contributed by atoms with E-state index in [-0.39, 0.29) is 10.7 Å². The first-order valence-electron chi connectivity index (χ1n) is 8.56. The Labute approximate surface area is 164 Å². The number of nitrogens with zero attached hydrogens (tertiary/aromatic N) is 2. The number of ketones is 1. The summed E-state index contributed by atoms with van der Waals surface area (Å²) >= 11 is 0. The van der Waals surface area contributed by atoms with Crippen LogP contribution in [0.3, 0.4) is 0 Å². The number of aromatic nitrogens is 2. The molecule has 0 fully saturated rings. The third-order valence-corrected chi connectivity index (χ3v) is 5.83. The van der Waals surface area contributed by atoms with E-state index in [0.717, 1.165) is 0 Å². The number of hydrogen-bond acceptors (Lipinski definition) is 5. The number of Topliss-reactive ketones (excluding diaryl/α,β-unsaturated/α-hetero) is 1. The van der Waals surface area contributed by atoms with E-state index in [0.29, 0.717) is 22.7 Å². The summed E-state index contributed by atoms with van der Waals surface area (Å²) in [5.74, 6) is 1.03. The van der Waals surface area contributed by atoms with Crippen LogP contribution >= 0.6 is 0 Å². The standard InChI is InChI=1S/C20H21N3O4S/c1-14(24)15-7-9-18(10-8-15)28(25,26)22-19(20-21-11-12-23(20)2)16-5-4-6-17(13-16)27-3/h4-13,19,22H,1-3H3. The smallest absolute Gasteiger partial charge is 0.241 e. The molecule has 0 spiro atoms. The largest absolute Gasteiger partial charge is 0.497 e. The third kappa shape index (κ3) is 4.13. The van der Waals surface area contributed by atoms with Gasteiger partial charge in [0.05, 0.1) is 12.0 Å². The van der Waals surface area contributed by atoms with Gasteiger partial charge in [0.1, 0.15) is 17.6 Å². The Balaban J connectivity index is 2.01. The van der Waals surface area contributed by atoms with Crippen molar-refractivity contribution in [2.45, 2.75) is 17.9 Å². The van der Waals surface area contributed by atoms with Crippen LogP contribution in [0.4, 0.5) is 0 Å². The third-order valence-electron chi connectivity index (χ3n) is 4.39.